The molecule has 5 amide bonds. The van der Waals surface area contributed by atoms with E-state index in [1.165, 1.54) is 17.1 Å². The molecule has 0 radical (unpaired) electrons. The first kappa shape index (κ1) is 31.0. The quantitative estimate of drug-likeness (QED) is 0.215. The van der Waals surface area contributed by atoms with Crippen molar-refractivity contribution in [2.75, 3.05) is 13.1 Å². The zero-order valence-electron chi connectivity index (χ0n) is 22.2. The van der Waals surface area contributed by atoms with Gasteiger partial charge < -0.3 is 16.4 Å². The van der Waals surface area contributed by atoms with Crippen LogP contribution >= 0.6 is 0 Å². The van der Waals surface area contributed by atoms with E-state index in [2.05, 4.69) is 10.6 Å². The molecule has 10 heteroatoms. The van der Waals surface area contributed by atoms with Gasteiger partial charge in [0.05, 0.1) is 6.04 Å². The highest BCUT2D eigenvalue weighted by Gasteiger charge is 2.33. The highest BCUT2D eigenvalue weighted by molar-refractivity contribution is 6.12. The summed E-state index contributed by atoms with van der Waals surface area (Å²) >= 11 is 0. The molecule has 0 spiro atoms. The fourth-order valence-electron chi connectivity index (χ4n) is 3.99. The Balaban J connectivity index is 2.59. The van der Waals surface area contributed by atoms with Gasteiger partial charge >= 0.3 is 6.03 Å². The zero-order valence-corrected chi connectivity index (χ0v) is 22.2. The monoisotopic (exact) mass is 506 g/mol. The first-order valence-corrected chi connectivity index (χ1v) is 12.7. The van der Waals surface area contributed by atoms with Crippen LogP contribution in [0.2, 0.25) is 0 Å². The van der Waals surface area contributed by atoms with Gasteiger partial charge in [0, 0.05) is 49.4 Å². The van der Waals surface area contributed by atoms with E-state index in [4.69, 9.17) is 5.73 Å². The van der Waals surface area contributed by atoms with Crippen LogP contribution in [0.25, 0.3) is 0 Å². The molecule has 36 heavy (non-hydrogen) atoms. The van der Waals surface area contributed by atoms with E-state index in [1.807, 2.05) is 13.8 Å². The van der Waals surface area contributed by atoms with Gasteiger partial charge in [0.15, 0.2) is 5.78 Å². The lowest BCUT2D eigenvalue weighted by Crippen LogP contribution is -2.48. The molecule has 0 aliphatic carbocycles. The number of carbonyl (C=O) groups excluding carboxylic acids is 6. The number of imide groups is 1. The molecule has 0 fully saturated rings. The summed E-state index contributed by atoms with van der Waals surface area (Å²) in [4.78, 5) is 73.9. The molecule has 0 saturated carbocycles. The van der Waals surface area contributed by atoms with Crippen LogP contribution in [0.4, 0.5) is 4.79 Å². The number of ketones is 2. The Kier molecular flexibility index (Phi) is 12.5. The number of nitrogens with one attached hydrogen (secondary N) is 2. The van der Waals surface area contributed by atoms with Gasteiger partial charge in [-0.1, -0.05) is 41.0 Å². The molecule has 1 aliphatic heterocycles. The Hall–Kier alpha value is -3.04. The molecule has 1 aliphatic rings. The molecule has 0 saturated heterocycles. The minimum Gasteiger partial charge on any atom is -0.352 e. The van der Waals surface area contributed by atoms with Crippen LogP contribution in [0.1, 0.15) is 79.6 Å². The van der Waals surface area contributed by atoms with Crippen molar-refractivity contribution < 1.29 is 28.8 Å². The molecule has 2 unspecified atom stereocenters. The summed E-state index contributed by atoms with van der Waals surface area (Å²) in [5.41, 5.74) is 4.41. The predicted octanol–water partition coefficient (Wildman–Crippen LogP) is 2.25. The topological polar surface area (TPSA) is 156 Å². The lowest BCUT2D eigenvalue weighted by Gasteiger charge is -2.28. The summed E-state index contributed by atoms with van der Waals surface area (Å²) in [7, 11) is 0. The lowest BCUT2D eigenvalue weighted by atomic mass is 9.83. The average Bonchev–Trinajstić information content (AvgIpc) is 3.09. The standard InChI is InChI=1S/C26H42N4O6/c1-17(2)19(16-18(31)10-7-6-8-15-30-21(32)12-13-22(30)33)24(35)29-20(23(34)26(3,4)5)11-9-14-28-25(27)36/h12-13,17,19-20H,6-11,14-16H2,1-5H3,(H,29,35)(H3,27,28,36). The third-order valence-corrected chi connectivity index (χ3v) is 6.17. The molecule has 0 bridgehead atoms. The van der Waals surface area contributed by atoms with Gasteiger partial charge in [-0.3, -0.25) is 28.9 Å². The van der Waals surface area contributed by atoms with Crippen LogP contribution in [0.3, 0.4) is 0 Å². The van der Waals surface area contributed by atoms with Crippen molar-refractivity contribution in [2.45, 2.75) is 85.6 Å². The minimum absolute atomic E-state index is 0.0387. The van der Waals surface area contributed by atoms with Crippen LogP contribution < -0.4 is 16.4 Å². The normalized spacial score (nSPS) is 15.2. The molecule has 2 atom stereocenters. The number of unbranched alkanes of at least 4 members (excludes halogenated alkanes) is 2. The van der Waals surface area contributed by atoms with Crippen molar-refractivity contribution in [1.29, 1.82) is 0 Å². The Labute approximate surface area is 213 Å². The molecule has 202 valence electrons. The number of urea groups is 1. The second-order valence-corrected chi connectivity index (χ2v) is 10.7. The summed E-state index contributed by atoms with van der Waals surface area (Å²) in [6.07, 6.45) is 5.60. The second-order valence-electron chi connectivity index (χ2n) is 10.7. The Morgan fingerprint density at radius 3 is 2.11 bits per heavy atom. The van der Waals surface area contributed by atoms with Gasteiger partial charge in [-0.15, -0.1) is 0 Å². The minimum atomic E-state index is -0.728. The number of primary amides is 1. The van der Waals surface area contributed by atoms with Crippen LogP contribution in [-0.2, 0) is 24.0 Å². The lowest BCUT2D eigenvalue weighted by molar-refractivity contribution is -0.137. The third kappa shape index (κ3) is 10.7. The number of rotatable bonds is 16. The highest BCUT2D eigenvalue weighted by Crippen LogP contribution is 2.22. The first-order chi connectivity index (χ1) is 16.7. The molecule has 0 aromatic carbocycles. The number of nitrogens with two attached hydrogens (primary N) is 1. The Morgan fingerprint density at radius 2 is 1.58 bits per heavy atom. The number of hydrogen-bond donors (Lipinski definition) is 3. The smallest absolute Gasteiger partial charge is 0.312 e. The zero-order chi connectivity index (χ0) is 27.5. The van der Waals surface area contributed by atoms with E-state index in [-0.39, 0.29) is 41.6 Å². The Bertz CT molecular complexity index is 841. The molecule has 1 heterocycles. The Morgan fingerprint density at radius 1 is 0.972 bits per heavy atom. The molecule has 4 N–H and O–H groups in total. The molecule has 10 nitrogen and oxygen atoms in total. The van der Waals surface area contributed by atoms with Crippen molar-refractivity contribution in [3.63, 3.8) is 0 Å². The summed E-state index contributed by atoms with van der Waals surface area (Å²) in [6, 6.07) is -1.37. The maximum Gasteiger partial charge on any atom is 0.312 e. The second kappa shape index (κ2) is 14.5. The maximum atomic E-state index is 13.1. The first-order valence-electron chi connectivity index (χ1n) is 12.7. The van der Waals surface area contributed by atoms with E-state index in [0.717, 1.165) is 0 Å². The van der Waals surface area contributed by atoms with Gasteiger partial charge in [-0.2, -0.15) is 0 Å². The van der Waals surface area contributed by atoms with E-state index in [0.29, 0.717) is 51.6 Å². The summed E-state index contributed by atoms with van der Waals surface area (Å²) in [6.45, 7) is 9.71. The van der Waals surface area contributed by atoms with E-state index in [9.17, 15) is 28.8 Å². The van der Waals surface area contributed by atoms with Crippen LogP contribution in [0, 0.1) is 17.3 Å². The third-order valence-electron chi connectivity index (χ3n) is 6.17. The largest absolute Gasteiger partial charge is 0.352 e. The number of carbonyl (C=O) groups is 6. The van der Waals surface area contributed by atoms with Crippen molar-refractivity contribution >= 4 is 35.3 Å². The summed E-state index contributed by atoms with van der Waals surface area (Å²) in [5.74, 6) is -1.78. The molecular formula is C26H42N4O6. The molecule has 1 rings (SSSR count). The van der Waals surface area contributed by atoms with Crippen LogP contribution in [0.15, 0.2) is 12.2 Å². The fraction of sp³-hybridized carbons (Fsp3) is 0.692. The summed E-state index contributed by atoms with van der Waals surface area (Å²) in [5, 5.41) is 5.33. The maximum absolute atomic E-state index is 13.1. The van der Waals surface area contributed by atoms with Gasteiger partial charge in [0.2, 0.25) is 5.91 Å². The van der Waals surface area contributed by atoms with Crippen molar-refractivity contribution in [3.8, 4) is 0 Å². The van der Waals surface area contributed by atoms with Crippen molar-refractivity contribution in [3.05, 3.63) is 12.2 Å². The van der Waals surface area contributed by atoms with Gasteiger partial charge in [-0.05, 0) is 31.6 Å². The number of Topliss-reactive ketones (excluding diaryl/α,β-unsaturated/α-hetero) is 2. The number of nitrogens with zero attached hydrogens (tertiary/aromatic N) is 1. The van der Waals surface area contributed by atoms with E-state index in [1.54, 1.807) is 20.8 Å². The highest BCUT2D eigenvalue weighted by atomic mass is 16.2. The number of hydrogen-bond acceptors (Lipinski definition) is 6. The number of amides is 5. The van der Waals surface area contributed by atoms with Gasteiger partial charge in [0.1, 0.15) is 5.78 Å². The molecular weight excluding hydrogens is 464 g/mol. The van der Waals surface area contributed by atoms with Gasteiger partial charge in [-0.25, -0.2) is 4.79 Å². The summed E-state index contributed by atoms with van der Waals surface area (Å²) < 4.78 is 0. The predicted molar refractivity (Wildman–Crippen MR) is 135 cm³/mol. The van der Waals surface area contributed by atoms with Crippen LogP contribution in [-0.4, -0.2) is 59.4 Å². The molecule has 0 aromatic rings. The van der Waals surface area contributed by atoms with E-state index < -0.39 is 23.4 Å². The fourth-order valence-corrected chi connectivity index (χ4v) is 3.99. The van der Waals surface area contributed by atoms with Crippen molar-refractivity contribution in [2.24, 2.45) is 23.0 Å². The van der Waals surface area contributed by atoms with Gasteiger partial charge in [0.25, 0.3) is 11.8 Å². The molecule has 0 aromatic heterocycles. The van der Waals surface area contributed by atoms with E-state index >= 15 is 0 Å². The van der Waals surface area contributed by atoms with Crippen molar-refractivity contribution in [1.82, 2.24) is 15.5 Å². The van der Waals surface area contributed by atoms with Crippen LogP contribution in [0.5, 0.6) is 0 Å². The SMILES string of the molecule is CC(C)C(CC(=O)CCCCCN1C(=O)C=CC1=O)C(=O)NC(CCCNC(N)=O)C(=O)C(C)(C)C. The average molecular weight is 507 g/mol.